The van der Waals surface area contributed by atoms with Crippen molar-refractivity contribution in [1.82, 2.24) is 0 Å². The van der Waals surface area contributed by atoms with Gasteiger partial charge in [0.15, 0.2) is 23.3 Å². The van der Waals surface area contributed by atoms with Gasteiger partial charge in [-0.2, -0.15) is 0 Å². The molecule has 1 aromatic rings. The molecule has 0 bridgehead atoms. The van der Waals surface area contributed by atoms with Crippen LogP contribution in [0.3, 0.4) is 0 Å². The molecule has 6 heteroatoms. The molecule has 1 unspecified atom stereocenters. The summed E-state index contributed by atoms with van der Waals surface area (Å²) in [7, 11) is 0. The van der Waals surface area contributed by atoms with E-state index in [1.807, 2.05) is 0 Å². The number of hydrogen-bond acceptors (Lipinski definition) is 1. The van der Waals surface area contributed by atoms with Crippen molar-refractivity contribution < 1.29 is 27.5 Å². The van der Waals surface area contributed by atoms with E-state index in [9.17, 15) is 27.5 Å². The minimum atomic E-state index is -1.54. The standard InChI is InChI=1S/C16H16F4O2/c1-4-5-11-15(2,3)16(11,14(21)22)7-8-12(19)9(17)6-10(18)13(8)20/h4-6,11H,7H2,1-3H3,(H,21,22)/t11?,16-/m0/s1. The van der Waals surface area contributed by atoms with Crippen molar-refractivity contribution in [2.24, 2.45) is 16.7 Å². The highest BCUT2D eigenvalue weighted by Crippen LogP contribution is 2.71. The highest BCUT2D eigenvalue weighted by Gasteiger charge is 2.74. The van der Waals surface area contributed by atoms with Gasteiger partial charge in [-0.25, -0.2) is 17.6 Å². The van der Waals surface area contributed by atoms with Gasteiger partial charge < -0.3 is 5.11 Å². The molecule has 120 valence electrons. The number of carboxylic acid groups (broad SMARTS) is 1. The van der Waals surface area contributed by atoms with Gasteiger partial charge in [-0.05, 0) is 24.7 Å². The van der Waals surface area contributed by atoms with Crippen molar-refractivity contribution in [2.75, 3.05) is 0 Å². The van der Waals surface area contributed by atoms with Gasteiger partial charge in [0.05, 0.1) is 5.41 Å². The fourth-order valence-electron chi connectivity index (χ4n) is 3.37. The third-order valence-corrected chi connectivity index (χ3v) is 4.80. The van der Waals surface area contributed by atoms with Crippen LogP contribution in [0.15, 0.2) is 18.2 Å². The fraction of sp³-hybridized carbons (Fsp3) is 0.438. The number of allylic oxidation sites excluding steroid dienone is 2. The number of carboxylic acids is 1. The van der Waals surface area contributed by atoms with Crippen molar-refractivity contribution in [3.8, 4) is 0 Å². The van der Waals surface area contributed by atoms with Crippen molar-refractivity contribution in [2.45, 2.75) is 27.2 Å². The van der Waals surface area contributed by atoms with Gasteiger partial charge in [0, 0.05) is 11.6 Å². The summed E-state index contributed by atoms with van der Waals surface area (Å²) >= 11 is 0. The van der Waals surface area contributed by atoms with Crippen LogP contribution in [0.25, 0.3) is 0 Å². The first kappa shape index (κ1) is 16.5. The predicted octanol–water partition coefficient (Wildman–Crippen LogP) is 4.09. The van der Waals surface area contributed by atoms with Crippen molar-refractivity contribution in [3.63, 3.8) is 0 Å². The molecule has 0 amide bonds. The van der Waals surface area contributed by atoms with Gasteiger partial charge >= 0.3 is 5.97 Å². The molecule has 1 aromatic carbocycles. The maximum Gasteiger partial charge on any atom is 0.311 e. The van der Waals surface area contributed by atoms with E-state index in [2.05, 4.69) is 0 Å². The molecule has 1 aliphatic rings. The molecule has 2 rings (SSSR count). The molecular weight excluding hydrogens is 300 g/mol. The summed E-state index contributed by atoms with van der Waals surface area (Å²) in [5.74, 6) is -7.87. The topological polar surface area (TPSA) is 37.3 Å². The average Bonchev–Trinajstić information content (AvgIpc) is 2.90. The van der Waals surface area contributed by atoms with Crippen LogP contribution in [-0.4, -0.2) is 11.1 Å². The zero-order valence-corrected chi connectivity index (χ0v) is 12.4. The van der Waals surface area contributed by atoms with Crippen LogP contribution in [-0.2, 0) is 11.2 Å². The minimum Gasteiger partial charge on any atom is -0.481 e. The van der Waals surface area contributed by atoms with Gasteiger partial charge in [0.25, 0.3) is 0 Å². The largest absolute Gasteiger partial charge is 0.481 e. The fourth-order valence-corrected chi connectivity index (χ4v) is 3.37. The van der Waals surface area contributed by atoms with E-state index in [0.29, 0.717) is 0 Å². The van der Waals surface area contributed by atoms with E-state index in [0.717, 1.165) is 0 Å². The van der Waals surface area contributed by atoms with E-state index < -0.39 is 58.0 Å². The Morgan fingerprint density at radius 3 is 2.14 bits per heavy atom. The van der Waals surface area contributed by atoms with Crippen LogP contribution in [0.2, 0.25) is 0 Å². The molecule has 1 fully saturated rings. The maximum atomic E-state index is 13.8. The van der Waals surface area contributed by atoms with Gasteiger partial charge in [-0.1, -0.05) is 26.0 Å². The highest BCUT2D eigenvalue weighted by atomic mass is 19.2. The molecule has 0 saturated heterocycles. The summed E-state index contributed by atoms with van der Waals surface area (Å²) in [6.07, 6.45) is 2.67. The first-order chi connectivity index (χ1) is 10.1. The summed E-state index contributed by atoms with van der Waals surface area (Å²) in [6.45, 7) is 5.00. The third kappa shape index (κ3) is 2.04. The molecular formula is C16H16F4O2. The smallest absolute Gasteiger partial charge is 0.311 e. The van der Waals surface area contributed by atoms with Gasteiger partial charge in [-0.15, -0.1) is 0 Å². The molecule has 0 aromatic heterocycles. The van der Waals surface area contributed by atoms with E-state index in [-0.39, 0.29) is 6.07 Å². The molecule has 1 aliphatic carbocycles. The molecule has 22 heavy (non-hydrogen) atoms. The Bertz CT molecular complexity index is 640. The minimum absolute atomic E-state index is 0.114. The van der Waals surface area contributed by atoms with Gasteiger partial charge in [-0.3, -0.25) is 4.79 Å². The lowest BCUT2D eigenvalue weighted by Crippen LogP contribution is -2.26. The maximum absolute atomic E-state index is 13.8. The number of carbonyl (C=O) groups is 1. The molecule has 0 aliphatic heterocycles. The monoisotopic (exact) mass is 316 g/mol. The highest BCUT2D eigenvalue weighted by molar-refractivity contribution is 5.82. The second-order valence-corrected chi connectivity index (χ2v) is 6.13. The Labute approximate surface area is 125 Å². The summed E-state index contributed by atoms with van der Waals surface area (Å²) in [5.41, 5.74) is -3.14. The predicted molar refractivity (Wildman–Crippen MR) is 72.1 cm³/mol. The van der Waals surface area contributed by atoms with Crippen molar-refractivity contribution in [1.29, 1.82) is 0 Å². The second kappa shape index (κ2) is 5.11. The lowest BCUT2D eigenvalue weighted by molar-refractivity contribution is -0.145. The average molecular weight is 316 g/mol. The van der Waals surface area contributed by atoms with Crippen molar-refractivity contribution >= 4 is 5.97 Å². The van der Waals surface area contributed by atoms with Crippen LogP contribution >= 0.6 is 0 Å². The number of benzene rings is 1. The van der Waals surface area contributed by atoms with Crippen molar-refractivity contribution in [3.05, 3.63) is 47.1 Å². The normalized spacial score (nSPS) is 26.4. The van der Waals surface area contributed by atoms with Gasteiger partial charge in [0.2, 0.25) is 0 Å². The third-order valence-electron chi connectivity index (χ3n) is 4.80. The quantitative estimate of drug-likeness (QED) is 0.516. The van der Waals surface area contributed by atoms with Gasteiger partial charge in [0.1, 0.15) is 0 Å². The lowest BCUT2D eigenvalue weighted by Gasteiger charge is -2.17. The molecule has 0 radical (unpaired) electrons. The molecule has 1 saturated carbocycles. The zero-order valence-electron chi connectivity index (χ0n) is 12.4. The first-order valence-electron chi connectivity index (χ1n) is 6.79. The van der Waals surface area contributed by atoms with Crippen LogP contribution in [0.5, 0.6) is 0 Å². The zero-order chi connectivity index (χ0) is 16.9. The molecule has 0 heterocycles. The summed E-state index contributed by atoms with van der Waals surface area (Å²) in [6, 6.07) is 0.114. The lowest BCUT2D eigenvalue weighted by atomic mass is 9.88. The summed E-state index contributed by atoms with van der Waals surface area (Å²) in [5, 5.41) is 9.55. The Kier molecular flexibility index (Phi) is 3.83. The Hall–Kier alpha value is -1.85. The molecule has 0 spiro atoms. The van der Waals surface area contributed by atoms with Crippen LogP contribution < -0.4 is 0 Å². The van der Waals surface area contributed by atoms with E-state index >= 15 is 0 Å². The number of hydrogen-bond donors (Lipinski definition) is 1. The SMILES string of the molecule is CC=CC1C(C)(C)[C@]1(Cc1c(F)c(F)cc(F)c1F)C(=O)O. The number of rotatable bonds is 4. The summed E-state index contributed by atoms with van der Waals surface area (Å²) in [4.78, 5) is 11.7. The number of aliphatic carboxylic acids is 1. The van der Waals surface area contributed by atoms with E-state index in [1.165, 1.54) is 0 Å². The molecule has 1 N–H and O–H groups in total. The second-order valence-electron chi connectivity index (χ2n) is 6.13. The van der Waals surface area contributed by atoms with E-state index in [1.54, 1.807) is 32.9 Å². The van der Waals surface area contributed by atoms with Crippen LogP contribution in [0, 0.1) is 40.0 Å². The Balaban J connectivity index is 2.56. The first-order valence-corrected chi connectivity index (χ1v) is 6.79. The molecule has 2 atom stereocenters. The van der Waals surface area contributed by atoms with E-state index in [4.69, 9.17) is 0 Å². The summed E-state index contributed by atoms with van der Waals surface area (Å²) < 4.78 is 54.3. The molecule has 2 nitrogen and oxygen atoms in total. The van der Waals surface area contributed by atoms with Crippen LogP contribution in [0.1, 0.15) is 26.3 Å². The Morgan fingerprint density at radius 1 is 1.23 bits per heavy atom. The van der Waals surface area contributed by atoms with Crippen LogP contribution in [0.4, 0.5) is 17.6 Å². The Morgan fingerprint density at radius 2 is 1.73 bits per heavy atom. The number of halogens is 4.